The maximum atomic E-state index is 11.7. The van der Waals surface area contributed by atoms with E-state index in [1.54, 1.807) is 36.8 Å². The van der Waals surface area contributed by atoms with Crippen LogP contribution in [0.25, 0.3) is 22.2 Å². The zero-order valence-corrected chi connectivity index (χ0v) is 27.4. The molecular weight excluding hydrogens is 618 g/mol. The molecule has 5 aromatic rings. The molecular formula is C36H36ClN5O5. The normalized spacial score (nSPS) is 11.9. The van der Waals surface area contributed by atoms with Crippen molar-refractivity contribution in [3.8, 4) is 28.7 Å². The van der Waals surface area contributed by atoms with Crippen molar-refractivity contribution >= 4 is 28.6 Å². The zero-order chi connectivity index (χ0) is 34.0. The number of fused-ring (bicyclic) bond motifs is 1. The van der Waals surface area contributed by atoms with Gasteiger partial charge in [-0.3, -0.25) is 25.1 Å². The summed E-state index contributed by atoms with van der Waals surface area (Å²) in [6.45, 7) is 7.14. The molecule has 0 bridgehead atoms. The Morgan fingerprint density at radius 1 is 0.979 bits per heavy atom. The number of aliphatic carboxylic acids is 1. The quantitative estimate of drug-likeness (QED) is 0.134. The van der Waals surface area contributed by atoms with Gasteiger partial charge in [0.25, 0.3) is 0 Å². The molecule has 0 spiro atoms. The molecule has 10 nitrogen and oxygen atoms in total. The maximum Gasteiger partial charge on any atom is 0.326 e. The highest BCUT2D eigenvalue weighted by Gasteiger charge is 2.32. The molecule has 3 N–H and O–H groups in total. The van der Waals surface area contributed by atoms with Crippen LogP contribution >= 0.6 is 11.6 Å². The number of pyridine rings is 1. The van der Waals surface area contributed by atoms with Crippen molar-refractivity contribution in [2.75, 3.05) is 6.61 Å². The predicted molar refractivity (Wildman–Crippen MR) is 180 cm³/mol. The molecule has 5 rings (SSSR count). The number of hydrogen-bond donors (Lipinski definition) is 3. The number of carboxylic acid groups (broad SMARTS) is 1. The predicted octanol–water partition coefficient (Wildman–Crippen LogP) is 6.63. The molecule has 0 saturated carbocycles. The van der Waals surface area contributed by atoms with Crippen molar-refractivity contribution in [2.24, 2.45) is 0 Å². The molecule has 1 atom stereocenters. The minimum Gasteiger partial charge on any atom is -0.488 e. The van der Waals surface area contributed by atoms with Crippen molar-refractivity contribution < 1.29 is 24.5 Å². The van der Waals surface area contributed by atoms with E-state index >= 15 is 0 Å². The van der Waals surface area contributed by atoms with E-state index in [-0.39, 0.29) is 19.8 Å². The summed E-state index contributed by atoms with van der Waals surface area (Å²) in [5.74, 6) is -0.446. The number of nitrogens with one attached hydrogen (secondary N) is 1. The summed E-state index contributed by atoms with van der Waals surface area (Å²) >= 11 is 6.66. The van der Waals surface area contributed by atoms with Gasteiger partial charge in [0.1, 0.15) is 36.3 Å². The van der Waals surface area contributed by atoms with Gasteiger partial charge >= 0.3 is 5.97 Å². The molecule has 0 aliphatic carbocycles. The van der Waals surface area contributed by atoms with E-state index in [2.05, 4.69) is 26.3 Å². The molecule has 242 valence electrons. The zero-order valence-electron chi connectivity index (χ0n) is 26.6. The van der Waals surface area contributed by atoms with Gasteiger partial charge in [0.2, 0.25) is 0 Å². The Labute approximate surface area is 278 Å². The lowest BCUT2D eigenvalue weighted by molar-refractivity contribution is -0.145. The van der Waals surface area contributed by atoms with Crippen LogP contribution in [0.5, 0.6) is 11.5 Å². The molecule has 0 radical (unpaired) electrons. The smallest absolute Gasteiger partial charge is 0.326 e. The van der Waals surface area contributed by atoms with E-state index in [4.69, 9.17) is 21.1 Å². The second kappa shape index (κ2) is 16.0. The van der Waals surface area contributed by atoms with Crippen molar-refractivity contribution in [1.82, 2.24) is 20.3 Å². The van der Waals surface area contributed by atoms with E-state index < -0.39 is 18.1 Å². The van der Waals surface area contributed by atoms with Crippen LogP contribution in [0.3, 0.4) is 0 Å². The van der Waals surface area contributed by atoms with Crippen molar-refractivity contribution in [1.29, 1.82) is 5.26 Å². The number of ether oxygens (including phenoxy) is 2. The number of rotatable bonds is 12. The summed E-state index contributed by atoms with van der Waals surface area (Å²) in [7, 11) is 0. The molecule has 11 heteroatoms. The first-order valence-corrected chi connectivity index (χ1v) is 15.4. The molecule has 0 saturated heterocycles. The van der Waals surface area contributed by atoms with E-state index in [1.165, 1.54) is 13.1 Å². The minimum absolute atomic E-state index is 0.0342. The second-order valence-corrected chi connectivity index (χ2v) is 11.1. The molecule has 2 aromatic heterocycles. The number of aromatic nitrogens is 3. The summed E-state index contributed by atoms with van der Waals surface area (Å²) in [5.41, 5.74) is 5.71. The van der Waals surface area contributed by atoms with Gasteiger partial charge in [0.05, 0.1) is 28.2 Å². The molecule has 0 amide bonds. The SMILES string of the molecule is CC.Cc1c(COc2cc(OCc3cncc(C#N)c3)c(CN[C@@](C)(CO)C(=O)O)cc2Cl)cccc1-c1ccc2nccnc2c1. The van der Waals surface area contributed by atoms with Crippen molar-refractivity contribution in [3.05, 3.63) is 112 Å². The van der Waals surface area contributed by atoms with Crippen molar-refractivity contribution in [3.63, 3.8) is 0 Å². The average molecular weight is 654 g/mol. The lowest BCUT2D eigenvalue weighted by atomic mass is 9.96. The number of hydrogen-bond acceptors (Lipinski definition) is 9. The number of halogens is 1. The third-order valence-corrected chi connectivity index (χ3v) is 7.80. The Bertz CT molecular complexity index is 1910. The molecule has 47 heavy (non-hydrogen) atoms. The maximum absolute atomic E-state index is 11.7. The van der Waals surface area contributed by atoms with E-state index in [0.717, 1.165) is 33.3 Å². The second-order valence-electron chi connectivity index (χ2n) is 10.7. The van der Waals surface area contributed by atoms with Crippen LogP contribution in [0.4, 0.5) is 0 Å². The first-order valence-electron chi connectivity index (χ1n) is 15.0. The molecule has 3 aromatic carbocycles. The fourth-order valence-corrected chi connectivity index (χ4v) is 4.92. The van der Waals surface area contributed by atoms with Gasteiger partial charge in [-0.25, -0.2) is 0 Å². The van der Waals surface area contributed by atoms with Crippen LogP contribution < -0.4 is 14.8 Å². The number of benzene rings is 3. The highest BCUT2D eigenvalue weighted by molar-refractivity contribution is 6.32. The van der Waals surface area contributed by atoms with Crippen LogP contribution in [-0.2, 0) is 24.6 Å². The fraction of sp³-hybridized carbons (Fsp3) is 0.250. The number of carbonyl (C=O) groups is 1. The first kappa shape index (κ1) is 34.8. The lowest BCUT2D eigenvalue weighted by Gasteiger charge is -2.25. The lowest BCUT2D eigenvalue weighted by Crippen LogP contribution is -2.52. The number of aliphatic hydroxyl groups is 1. The third-order valence-electron chi connectivity index (χ3n) is 7.50. The van der Waals surface area contributed by atoms with E-state index in [0.29, 0.717) is 33.2 Å². The summed E-state index contributed by atoms with van der Waals surface area (Å²) in [6.07, 6.45) is 6.39. The Morgan fingerprint density at radius 3 is 2.45 bits per heavy atom. The monoisotopic (exact) mass is 653 g/mol. The van der Waals surface area contributed by atoms with E-state index in [9.17, 15) is 20.3 Å². The standard InChI is InChI=1S/C34H30ClN5O5.C2H6/c1-21-25(4-3-5-27(21)24-6-7-29-30(12-24)39-9-8-38-29)19-45-32-13-31(44-18-23-10-22(14-36)15-37-16-23)26(11-28(32)35)17-40-34(2,20-41)33(42)43;1-2/h3-13,15-16,40-41H,17-20H2,1-2H3,(H,42,43);1-2H3/t34-;/m0./s1. The number of aliphatic hydroxyl groups excluding tert-OH is 1. The van der Waals surface area contributed by atoms with Crippen molar-refractivity contribution in [2.45, 2.75) is 53.0 Å². The highest BCUT2D eigenvalue weighted by Crippen LogP contribution is 2.35. The largest absolute Gasteiger partial charge is 0.488 e. The molecule has 2 heterocycles. The summed E-state index contributed by atoms with van der Waals surface area (Å²) < 4.78 is 12.3. The number of carboxylic acids is 1. The Morgan fingerprint density at radius 2 is 1.72 bits per heavy atom. The van der Waals surface area contributed by atoms with Gasteiger partial charge < -0.3 is 19.7 Å². The first-order chi connectivity index (χ1) is 22.7. The Balaban J connectivity index is 0.00000245. The van der Waals surface area contributed by atoms with Gasteiger partial charge in [-0.15, -0.1) is 0 Å². The van der Waals surface area contributed by atoms with Crippen LogP contribution in [-0.4, -0.2) is 43.3 Å². The average Bonchev–Trinajstić information content (AvgIpc) is 3.10. The Kier molecular flexibility index (Phi) is 11.8. The van der Waals surface area contributed by atoms with Gasteiger partial charge in [0, 0.05) is 48.5 Å². The van der Waals surface area contributed by atoms with Crippen LogP contribution in [0.15, 0.2) is 79.4 Å². The molecule has 0 fully saturated rings. The van der Waals surface area contributed by atoms with Crippen LogP contribution in [0, 0.1) is 18.3 Å². The van der Waals surface area contributed by atoms with Gasteiger partial charge in [0.15, 0.2) is 0 Å². The Hall–Kier alpha value is -5.08. The summed E-state index contributed by atoms with van der Waals surface area (Å²) in [4.78, 5) is 24.6. The fourth-order valence-electron chi connectivity index (χ4n) is 4.68. The van der Waals surface area contributed by atoms with Crippen LogP contribution in [0.1, 0.15) is 48.6 Å². The molecule has 0 unspecified atom stereocenters. The molecule has 0 aliphatic heterocycles. The summed E-state index contributed by atoms with van der Waals surface area (Å²) in [5, 5.41) is 31.7. The van der Waals surface area contributed by atoms with Gasteiger partial charge in [-0.1, -0.05) is 49.7 Å². The third kappa shape index (κ3) is 8.40. The number of nitriles is 1. The summed E-state index contributed by atoms with van der Waals surface area (Å²) in [6, 6.07) is 19.0. The van der Waals surface area contributed by atoms with Gasteiger partial charge in [-0.2, -0.15) is 5.26 Å². The minimum atomic E-state index is -1.58. The van der Waals surface area contributed by atoms with Crippen LogP contribution in [0.2, 0.25) is 5.02 Å². The van der Waals surface area contributed by atoms with Gasteiger partial charge in [-0.05, 0) is 60.4 Å². The van der Waals surface area contributed by atoms with E-state index in [1.807, 2.05) is 57.2 Å². The number of nitrogens with zero attached hydrogens (tertiary/aromatic N) is 4. The highest BCUT2D eigenvalue weighted by atomic mass is 35.5. The molecule has 0 aliphatic rings. The topological polar surface area (TPSA) is 150 Å².